The molecule has 0 radical (unpaired) electrons. The van der Waals surface area contributed by atoms with Gasteiger partial charge in [0.05, 0.1) is 16.9 Å². The van der Waals surface area contributed by atoms with Crippen LogP contribution in [0.2, 0.25) is 0 Å². The van der Waals surface area contributed by atoms with E-state index in [1.807, 2.05) is 42.5 Å². The molecule has 8 nitrogen and oxygen atoms in total. The summed E-state index contributed by atoms with van der Waals surface area (Å²) in [6, 6.07) is 16.5. The van der Waals surface area contributed by atoms with Crippen LogP contribution in [-0.2, 0) is 0 Å². The van der Waals surface area contributed by atoms with Crippen LogP contribution in [0.1, 0.15) is 12.8 Å². The van der Waals surface area contributed by atoms with E-state index in [2.05, 4.69) is 30.0 Å². The van der Waals surface area contributed by atoms with Gasteiger partial charge in [0.2, 0.25) is 0 Å². The molecule has 5 aromatic heterocycles. The third kappa shape index (κ3) is 4.61. The Hall–Kier alpha value is -4.63. The average Bonchev–Trinajstić information content (AvgIpc) is 3.72. The number of likely N-dealkylation sites (tertiary alicyclic amines) is 1. The summed E-state index contributed by atoms with van der Waals surface area (Å²) < 4.78 is 20.6. The summed E-state index contributed by atoms with van der Waals surface area (Å²) in [5, 5.41) is 8.49. The molecule has 1 aliphatic rings. The molecule has 1 aliphatic heterocycles. The Morgan fingerprint density at radius 1 is 0.923 bits per heavy atom. The summed E-state index contributed by atoms with van der Waals surface area (Å²) in [5.41, 5.74) is 7.12. The molecule has 1 aromatic carbocycles. The number of rotatable bonds is 7. The third-order valence-electron chi connectivity index (χ3n) is 7.23. The first-order valence-electron chi connectivity index (χ1n) is 13.1. The van der Waals surface area contributed by atoms with Crippen LogP contribution >= 0.6 is 0 Å². The topological polar surface area (TPSA) is 95.6 Å². The lowest BCUT2D eigenvalue weighted by atomic mass is 10.0. The van der Waals surface area contributed by atoms with Crippen molar-refractivity contribution in [3.8, 4) is 39.5 Å². The molecule has 1 fully saturated rings. The number of halogens is 1. The zero-order valence-corrected chi connectivity index (χ0v) is 21.2. The fourth-order valence-electron chi connectivity index (χ4n) is 5.28. The molecule has 39 heavy (non-hydrogen) atoms. The number of fused-ring (bicyclic) bond motifs is 2. The summed E-state index contributed by atoms with van der Waals surface area (Å²) in [7, 11) is 0. The van der Waals surface area contributed by atoms with E-state index in [1.165, 1.54) is 25.0 Å². The maximum atomic E-state index is 14.7. The summed E-state index contributed by atoms with van der Waals surface area (Å²) in [4.78, 5) is 19.3. The number of aromatic nitrogens is 6. The van der Waals surface area contributed by atoms with Crippen molar-refractivity contribution in [2.45, 2.75) is 12.8 Å². The van der Waals surface area contributed by atoms with Gasteiger partial charge in [0.15, 0.2) is 0 Å². The third-order valence-corrected chi connectivity index (χ3v) is 7.23. The van der Waals surface area contributed by atoms with Crippen molar-refractivity contribution in [2.24, 2.45) is 0 Å². The van der Waals surface area contributed by atoms with Gasteiger partial charge in [-0.15, -0.1) is 0 Å². The first-order chi connectivity index (χ1) is 19.2. The van der Waals surface area contributed by atoms with Crippen LogP contribution in [0.3, 0.4) is 0 Å². The van der Waals surface area contributed by atoms with E-state index < -0.39 is 0 Å². The molecular formula is C30H26FN7O. The molecule has 0 amide bonds. The van der Waals surface area contributed by atoms with E-state index in [1.54, 1.807) is 18.6 Å². The van der Waals surface area contributed by atoms with Crippen molar-refractivity contribution in [1.29, 1.82) is 0 Å². The van der Waals surface area contributed by atoms with Crippen LogP contribution in [-0.4, -0.2) is 61.3 Å². The Balaban J connectivity index is 1.23. The van der Waals surface area contributed by atoms with Crippen molar-refractivity contribution in [1.82, 2.24) is 35.0 Å². The molecule has 7 rings (SSSR count). The van der Waals surface area contributed by atoms with Gasteiger partial charge in [0, 0.05) is 42.2 Å². The van der Waals surface area contributed by atoms with E-state index in [0.29, 0.717) is 23.7 Å². The van der Waals surface area contributed by atoms with Crippen LogP contribution in [0.25, 0.3) is 55.8 Å². The van der Waals surface area contributed by atoms with Gasteiger partial charge >= 0.3 is 0 Å². The highest BCUT2D eigenvalue weighted by Gasteiger charge is 2.17. The molecule has 0 atom stereocenters. The van der Waals surface area contributed by atoms with Crippen molar-refractivity contribution in [3.05, 3.63) is 79.0 Å². The number of nitrogens with zero attached hydrogens (tertiary/aromatic N) is 5. The zero-order valence-electron chi connectivity index (χ0n) is 21.2. The number of nitrogens with one attached hydrogen (secondary N) is 2. The predicted molar refractivity (Wildman–Crippen MR) is 149 cm³/mol. The number of hydrogen-bond donors (Lipinski definition) is 2. The highest BCUT2D eigenvalue weighted by molar-refractivity contribution is 5.99. The highest BCUT2D eigenvalue weighted by Crippen LogP contribution is 2.35. The molecule has 0 bridgehead atoms. The molecular weight excluding hydrogens is 493 g/mol. The lowest BCUT2D eigenvalue weighted by Gasteiger charge is -2.15. The summed E-state index contributed by atoms with van der Waals surface area (Å²) in [6.45, 7) is 3.59. The Bertz CT molecular complexity index is 1770. The van der Waals surface area contributed by atoms with Crippen LogP contribution in [0, 0.1) is 5.82 Å². The molecule has 6 aromatic rings. The van der Waals surface area contributed by atoms with E-state index in [0.717, 1.165) is 64.1 Å². The van der Waals surface area contributed by atoms with E-state index in [9.17, 15) is 4.39 Å². The maximum Gasteiger partial charge on any atom is 0.138 e. The standard InChI is InChI=1S/C30H26FN7O/c31-21-15-20(16-22(17-21)39-14-13-38-11-1-2-12-38)23-7-10-33-30-24(23)18-27(35-30)29-28-26(36-37-29)4-3-25(34-28)19-5-8-32-9-6-19/h3-10,15-18H,1-2,11-14H2,(H,33,35)(H,36,37). The molecule has 1 saturated heterocycles. The summed E-state index contributed by atoms with van der Waals surface area (Å²) in [5.74, 6) is 0.187. The Labute approximate surface area is 223 Å². The molecule has 0 spiro atoms. The quantitative estimate of drug-likeness (QED) is 0.275. The first kappa shape index (κ1) is 23.5. The molecule has 2 N–H and O–H groups in total. The Morgan fingerprint density at radius 3 is 2.67 bits per heavy atom. The highest BCUT2D eigenvalue weighted by atomic mass is 19.1. The second-order valence-electron chi connectivity index (χ2n) is 9.78. The molecule has 0 unspecified atom stereocenters. The minimum atomic E-state index is -0.337. The zero-order chi connectivity index (χ0) is 26.2. The van der Waals surface area contributed by atoms with Gasteiger partial charge in [-0.25, -0.2) is 14.4 Å². The van der Waals surface area contributed by atoms with Crippen molar-refractivity contribution in [3.63, 3.8) is 0 Å². The lowest BCUT2D eigenvalue weighted by molar-refractivity contribution is 0.237. The van der Waals surface area contributed by atoms with Gasteiger partial charge < -0.3 is 9.72 Å². The predicted octanol–water partition coefficient (Wildman–Crippen LogP) is 5.84. The second kappa shape index (κ2) is 9.92. The monoisotopic (exact) mass is 519 g/mol. The van der Waals surface area contributed by atoms with Gasteiger partial charge in [-0.05, 0) is 85.6 Å². The smallest absolute Gasteiger partial charge is 0.138 e. The van der Waals surface area contributed by atoms with E-state index in [4.69, 9.17) is 9.72 Å². The number of hydrogen-bond acceptors (Lipinski definition) is 6. The number of aromatic amines is 2. The van der Waals surface area contributed by atoms with Gasteiger partial charge in [-0.1, -0.05) is 0 Å². The lowest BCUT2D eigenvalue weighted by Crippen LogP contribution is -2.25. The van der Waals surface area contributed by atoms with Gasteiger partial charge in [0.1, 0.15) is 35.0 Å². The van der Waals surface area contributed by atoms with Gasteiger partial charge in [-0.3, -0.25) is 15.0 Å². The van der Waals surface area contributed by atoms with Crippen LogP contribution in [0.15, 0.2) is 73.2 Å². The number of ether oxygens (including phenoxy) is 1. The van der Waals surface area contributed by atoms with Crippen LogP contribution in [0.4, 0.5) is 4.39 Å². The fraction of sp³-hybridized carbons (Fsp3) is 0.200. The van der Waals surface area contributed by atoms with E-state index in [-0.39, 0.29) is 5.82 Å². The summed E-state index contributed by atoms with van der Waals surface area (Å²) in [6.07, 6.45) is 7.69. The van der Waals surface area contributed by atoms with Crippen molar-refractivity contribution in [2.75, 3.05) is 26.2 Å². The summed E-state index contributed by atoms with van der Waals surface area (Å²) >= 11 is 0. The molecule has 194 valence electrons. The largest absolute Gasteiger partial charge is 0.492 e. The molecule has 6 heterocycles. The van der Waals surface area contributed by atoms with Crippen molar-refractivity contribution >= 4 is 22.1 Å². The molecule has 0 saturated carbocycles. The Kier molecular flexibility index (Phi) is 5.97. The van der Waals surface area contributed by atoms with E-state index >= 15 is 0 Å². The molecule has 9 heteroatoms. The van der Waals surface area contributed by atoms with Gasteiger partial charge in [0.25, 0.3) is 0 Å². The first-order valence-corrected chi connectivity index (χ1v) is 13.1. The second-order valence-corrected chi connectivity index (χ2v) is 9.78. The normalized spacial score (nSPS) is 14.0. The van der Waals surface area contributed by atoms with Crippen LogP contribution < -0.4 is 4.74 Å². The number of pyridine rings is 3. The van der Waals surface area contributed by atoms with Gasteiger partial charge in [-0.2, -0.15) is 5.10 Å². The Morgan fingerprint density at radius 2 is 1.79 bits per heavy atom. The fourth-order valence-corrected chi connectivity index (χ4v) is 5.28. The SMILES string of the molecule is Fc1cc(OCCN2CCCC2)cc(-c2ccnc3[nH]c(-c4n[nH]c5ccc(-c6ccncc6)nc45)cc23)c1. The number of H-pyrrole nitrogens is 2. The minimum Gasteiger partial charge on any atom is -0.492 e. The average molecular weight is 520 g/mol. The minimum absolute atomic E-state index is 0.337. The van der Waals surface area contributed by atoms with Crippen molar-refractivity contribution < 1.29 is 9.13 Å². The van der Waals surface area contributed by atoms with Crippen LogP contribution in [0.5, 0.6) is 5.75 Å². The number of benzene rings is 1. The molecule has 0 aliphatic carbocycles. The maximum absolute atomic E-state index is 14.7.